The standard InChI is InChI=1S/C8H12N2/c9-7-5-3-1-2-4-6-8(7)10/h1,3,7-8H,2,5,9-10H2/b3-1-. The fraction of sp³-hybridized carbons (Fsp3) is 0.500. The molecule has 0 saturated carbocycles. The topological polar surface area (TPSA) is 52.0 Å². The van der Waals surface area contributed by atoms with Crippen LogP contribution in [-0.4, -0.2) is 12.1 Å². The van der Waals surface area contributed by atoms with E-state index in [-0.39, 0.29) is 12.1 Å². The number of nitrogens with two attached hydrogens (primary N) is 2. The maximum absolute atomic E-state index is 5.67. The summed E-state index contributed by atoms with van der Waals surface area (Å²) in [6.45, 7) is 0. The summed E-state index contributed by atoms with van der Waals surface area (Å²) >= 11 is 0. The summed E-state index contributed by atoms with van der Waals surface area (Å²) < 4.78 is 0. The van der Waals surface area contributed by atoms with Gasteiger partial charge in [0.05, 0.1) is 6.04 Å². The van der Waals surface area contributed by atoms with Crippen molar-refractivity contribution in [3.8, 4) is 11.8 Å². The summed E-state index contributed by atoms with van der Waals surface area (Å²) in [4.78, 5) is 0. The van der Waals surface area contributed by atoms with Gasteiger partial charge in [-0.3, -0.25) is 0 Å². The zero-order valence-electron chi connectivity index (χ0n) is 5.88. The van der Waals surface area contributed by atoms with E-state index in [0.717, 1.165) is 12.8 Å². The second-order valence-corrected chi connectivity index (χ2v) is 2.42. The fourth-order valence-electron chi connectivity index (χ4n) is 0.826. The van der Waals surface area contributed by atoms with Crippen molar-refractivity contribution < 1.29 is 0 Å². The largest absolute Gasteiger partial charge is 0.325 e. The molecule has 2 atom stereocenters. The van der Waals surface area contributed by atoms with E-state index in [2.05, 4.69) is 11.8 Å². The van der Waals surface area contributed by atoms with Crippen LogP contribution < -0.4 is 11.5 Å². The normalized spacial score (nSPS) is 35.0. The van der Waals surface area contributed by atoms with Gasteiger partial charge in [-0.25, -0.2) is 0 Å². The van der Waals surface area contributed by atoms with Crippen molar-refractivity contribution in [2.45, 2.75) is 24.9 Å². The average Bonchev–Trinajstić information content (AvgIpc) is 1.92. The van der Waals surface area contributed by atoms with E-state index >= 15 is 0 Å². The molecule has 0 aromatic carbocycles. The first-order valence-electron chi connectivity index (χ1n) is 3.45. The Balaban J connectivity index is 2.60. The van der Waals surface area contributed by atoms with E-state index in [1.807, 2.05) is 12.2 Å². The molecule has 2 unspecified atom stereocenters. The Morgan fingerprint density at radius 3 is 2.90 bits per heavy atom. The molecule has 0 heterocycles. The van der Waals surface area contributed by atoms with Gasteiger partial charge in [0.2, 0.25) is 0 Å². The maximum Gasteiger partial charge on any atom is 0.0821 e. The molecule has 0 spiro atoms. The molecular formula is C8H12N2. The third kappa shape index (κ3) is 1.87. The zero-order chi connectivity index (χ0) is 7.40. The van der Waals surface area contributed by atoms with E-state index in [9.17, 15) is 0 Å². The molecule has 4 N–H and O–H groups in total. The Bertz CT molecular complexity index is 185. The summed E-state index contributed by atoms with van der Waals surface area (Å²) in [6, 6.07) is -0.144. The average molecular weight is 136 g/mol. The van der Waals surface area contributed by atoms with Crippen LogP contribution in [0.5, 0.6) is 0 Å². The van der Waals surface area contributed by atoms with Crippen LogP contribution in [0.4, 0.5) is 0 Å². The number of rotatable bonds is 0. The number of hydrogen-bond acceptors (Lipinski definition) is 2. The molecule has 1 rings (SSSR count). The van der Waals surface area contributed by atoms with Crippen LogP contribution in [0.2, 0.25) is 0 Å². The fourth-order valence-corrected chi connectivity index (χ4v) is 0.826. The van der Waals surface area contributed by atoms with Crippen LogP contribution in [0.25, 0.3) is 0 Å². The van der Waals surface area contributed by atoms with Gasteiger partial charge in [-0.1, -0.05) is 24.0 Å². The van der Waals surface area contributed by atoms with Crippen molar-refractivity contribution in [2.24, 2.45) is 11.5 Å². The monoisotopic (exact) mass is 136 g/mol. The van der Waals surface area contributed by atoms with Crippen molar-refractivity contribution in [1.82, 2.24) is 0 Å². The maximum atomic E-state index is 5.67. The first-order chi connectivity index (χ1) is 4.80. The van der Waals surface area contributed by atoms with E-state index < -0.39 is 0 Å². The first kappa shape index (κ1) is 7.33. The first-order valence-corrected chi connectivity index (χ1v) is 3.45. The van der Waals surface area contributed by atoms with Crippen molar-refractivity contribution in [2.75, 3.05) is 0 Å². The van der Waals surface area contributed by atoms with Crippen molar-refractivity contribution in [3.63, 3.8) is 0 Å². The van der Waals surface area contributed by atoms with Crippen molar-refractivity contribution in [1.29, 1.82) is 0 Å². The Morgan fingerprint density at radius 2 is 2.10 bits per heavy atom. The minimum absolute atomic E-state index is 0.00375. The van der Waals surface area contributed by atoms with Gasteiger partial charge in [-0.2, -0.15) is 0 Å². The van der Waals surface area contributed by atoms with Crippen molar-refractivity contribution >= 4 is 0 Å². The summed E-state index contributed by atoms with van der Waals surface area (Å²) in [5, 5.41) is 0. The highest BCUT2D eigenvalue weighted by molar-refractivity contribution is 5.15. The molecular weight excluding hydrogens is 124 g/mol. The molecule has 2 heteroatoms. The van der Waals surface area contributed by atoms with Crippen LogP contribution in [0.1, 0.15) is 12.8 Å². The lowest BCUT2D eigenvalue weighted by Crippen LogP contribution is -2.40. The molecule has 0 radical (unpaired) electrons. The lowest BCUT2D eigenvalue weighted by molar-refractivity contribution is 0.617. The summed E-state index contributed by atoms with van der Waals surface area (Å²) in [6.07, 6.45) is 5.72. The highest BCUT2D eigenvalue weighted by Gasteiger charge is 2.08. The van der Waals surface area contributed by atoms with Gasteiger partial charge in [0.25, 0.3) is 0 Å². The SMILES string of the molecule is NC1C#CC/C=C\CC1N. The minimum atomic E-state index is -0.148. The number of allylic oxidation sites excluding steroid dienone is 1. The summed E-state index contributed by atoms with van der Waals surface area (Å²) in [7, 11) is 0. The summed E-state index contributed by atoms with van der Waals surface area (Å²) in [5.74, 6) is 5.81. The van der Waals surface area contributed by atoms with Crippen LogP contribution in [-0.2, 0) is 0 Å². The van der Waals surface area contributed by atoms with Gasteiger partial charge in [0.15, 0.2) is 0 Å². The van der Waals surface area contributed by atoms with Gasteiger partial charge in [-0.15, -0.1) is 0 Å². The quantitative estimate of drug-likeness (QED) is 0.363. The Labute approximate surface area is 61.3 Å². The van der Waals surface area contributed by atoms with Gasteiger partial charge >= 0.3 is 0 Å². The van der Waals surface area contributed by atoms with Gasteiger partial charge in [-0.05, 0) is 6.42 Å². The summed E-state index contributed by atoms with van der Waals surface area (Å²) in [5.41, 5.74) is 11.3. The highest BCUT2D eigenvalue weighted by Crippen LogP contribution is 1.98. The molecule has 0 bridgehead atoms. The second-order valence-electron chi connectivity index (χ2n) is 2.42. The lowest BCUT2D eigenvalue weighted by Gasteiger charge is -2.12. The molecule has 0 saturated heterocycles. The lowest BCUT2D eigenvalue weighted by atomic mass is 10.0. The van der Waals surface area contributed by atoms with Crippen LogP contribution in [0.3, 0.4) is 0 Å². The van der Waals surface area contributed by atoms with Crippen LogP contribution in [0, 0.1) is 11.8 Å². The smallest absolute Gasteiger partial charge is 0.0821 e. The van der Waals surface area contributed by atoms with E-state index in [1.54, 1.807) is 0 Å². The molecule has 2 nitrogen and oxygen atoms in total. The minimum Gasteiger partial charge on any atom is -0.325 e. The molecule has 10 heavy (non-hydrogen) atoms. The molecule has 0 fully saturated rings. The molecule has 0 aliphatic heterocycles. The van der Waals surface area contributed by atoms with Gasteiger partial charge in [0, 0.05) is 12.5 Å². The van der Waals surface area contributed by atoms with Crippen LogP contribution in [0.15, 0.2) is 12.2 Å². The van der Waals surface area contributed by atoms with Crippen LogP contribution >= 0.6 is 0 Å². The molecule has 0 aromatic heterocycles. The molecule has 1 aliphatic rings. The van der Waals surface area contributed by atoms with Gasteiger partial charge < -0.3 is 11.5 Å². The zero-order valence-corrected chi connectivity index (χ0v) is 5.88. The number of hydrogen-bond donors (Lipinski definition) is 2. The Morgan fingerprint density at radius 1 is 1.30 bits per heavy atom. The third-order valence-electron chi connectivity index (χ3n) is 1.52. The molecule has 54 valence electrons. The van der Waals surface area contributed by atoms with E-state index in [0.29, 0.717) is 0 Å². The highest BCUT2D eigenvalue weighted by atomic mass is 14.8. The Hall–Kier alpha value is -0.780. The predicted molar refractivity (Wildman–Crippen MR) is 42.1 cm³/mol. The molecule has 0 amide bonds. The third-order valence-corrected chi connectivity index (χ3v) is 1.52. The van der Waals surface area contributed by atoms with E-state index in [4.69, 9.17) is 11.5 Å². The second kappa shape index (κ2) is 3.40. The van der Waals surface area contributed by atoms with E-state index in [1.165, 1.54) is 0 Å². The molecule has 1 aliphatic carbocycles. The van der Waals surface area contributed by atoms with Gasteiger partial charge in [0.1, 0.15) is 0 Å². The van der Waals surface area contributed by atoms with Crippen molar-refractivity contribution in [3.05, 3.63) is 12.2 Å². The Kier molecular flexibility index (Phi) is 2.49. The molecule has 0 aromatic rings. The predicted octanol–water partition coefficient (Wildman–Crippen LogP) is -0.00560.